The summed E-state index contributed by atoms with van der Waals surface area (Å²) in [6, 6.07) is 10.4. The first kappa shape index (κ1) is 12.2. The highest BCUT2D eigenvalue weighted by atomic mass is 19.1. The third-order valence-corrected chi connectivity index (χ3v) is 2.72. The van der Waals surface area contributed by atoms with Crippen molar-refractivity contribution in [3.63, 3.8) is 0 Å². The van der Waals surface area contributed by atoms with Crippen LogP contribution in [-0.2, 0) is 0 Å². The molecule has 2 aromatic carbocycles. The molecule has 0 aliphatic rings. The van der Waals surface area contributed by atoms with E-state index >= 15 is 0 Å². The van der Waals surface area contributed by atoms with Crippen LogP contribution in [0.4, 0.5) is 10.1 Å². The minimum atomic E-state index is -0.223. The average molecular weight is 239 g/mol. The molecular weight excluding hydrogens is 225 g/mol. The first-order valence-corrected chi connectivity index (χ1v) is 5.70. The van der Waals surface area contributed by atoms with E-state index in [0.717, 1.165) is 22.3 Å². The Bertz CT molecular complexity index is 625. The molecule has 1 nitrogen and oxygen atoms in total. The smallest absolute Gasteiger partial charge is 0.123 e. The van der Waals surface area contributed by atoms with Crippen molar-refractivity contribution in [2.45, 2.75) is 13.8 Å². The zero-order valence-electron chi connectivity index (χ0n) is 10.4. The number of nitrogens with two attached hydrogens (primary N) is 1. The number of halogens is 1. The Labute approximate surface area is 106 Å². The topological polar surface area (TPSA) is 26.0 Å². The zero-order chi connectivity index (χ0) is 13.1. The Hall–Kier alpha value is -2.27. The van der Waals surface area contributed by atoms with Crippen molar-refractivity contribution in [3.8, 4) is 11.8 Å². The maximum atomic E-state index is 13.2. The third-order valence-electron chi connectivity index (χ3n) is 2.72. The molecule has 0 aliphatic carbocycles. The standard InChI is InChI=1S/C16H14FN/c1-11-8-14(17)9-12(2)16(11)7-6-13-4-3-5-15(18)10-13/h3-5,8-10H,18H2,1-2H3. The molecule has 0 amide bonds. The second-order valence-electron chi connectivity index (χ2n) is 4.29. The quantitative estimate of drug-likeness (QED) is 0.553. The van der Waals surface area contributed by atoms with Gasteiger partial charge in [0.1, 0.15) is 5.82 Å². The van der Waals surface area contributed by atoms with Crippen molar-refractivity contribution in [1.82, 2.24) is 0 Å². The van der Waals surface area contributed by atoms with Gasteiger partial charge in [-0.1, -0.05) is 17.9 Å². The summed E-state index contributed by atoms with van der Waals surface area (Å²) in [6.07, 6.45) is 0. The predicted octanol–water partition coefficient (Wildman–Crippen LogP) is 3.42. The summed E-state index contributed by atoms with van der Waals surface area (Å²) in [5, 5.41) is 0. The molecule has 0 saturated carbocycles. The summed E-state index contributed by atoms with van der Waals surface area (Å²) in [4.78, 5) is 0. The largest absolute Gasteiger partial charge is 0.399 e. The summed E-state index contributed by atoms with van der Waals surface area (Å²) in [6.45, 7) is 3.72. The number of hydrogen-bond donors (Lipinski definition) is 1. The number of benzene rings is 2. The number of aryl methyl sites for hydroxylation is 2. The molecule has 2 rings (SSSR count). The van der Waals surface area contributed by atoms with Gasteiger partial charge in [-0.25, -0.2) is 4.39 Å². The molecule has 0 radical (unpaired) electrons. The highest BCUT2D eigenvalue weighted by Gasteiger charge is 2.02. The van der Waals surface area contributed by atoms with Gasteiger partial charge >= 0.3 is 0 Å². The van der Waals surface area contributed by atoms with E-state index in [1.807, 2.05) is 38.1 Å². The van der Waals surface area contributed by atoms with Crippen LogP contribution < -0.4 is 5.73 Å². The van der Waals surface area contributed by atoms with Gasteiger partial charge in [0.15, 0.2) is 0 Å². The molecule has 18 heavy (non-hydrogen) atoms. The van der Waals surface area contributed by atoms with Crippen LogP contribution in [0.1, 0.15) is 22.3 Å². The van der Waals surface area contributed by atoms with E-state index in [1.54, 1.807) is 0 Å². The van der Waals surface area contributed by atoms with E-state index in [-0.39, 0.29) is 5.82 Å². The molecule has 0 heterocycles. The van der Waals surface area contributed by atoms with Crippen molar-refractivity contribution < 1.29 is 4.39 Å². The molecule has 0 aliphatic heterocycles. The Morgan fingerprint density at radius 3 is 2.28 bits per heavy atom. The maximum Gasteiger partial charge on any atom is 0.123 e. The molecule has 0 bridgehead atoms. The van der Waals surface area contributed by atoms with Gasteiger partial charge in [-0.15, -0.1) is 0 Å². The van der Waals surface area contributed by atoms with Gasteiger partial charge in [-0.2, -0.15) is 0 Å². The van der Waals surface area contributed by atoms with Gasteiger partial charge < -0.3 is 5.73 Å². The highest BCUT2D eigenvalue weighted by molar-refractivity contribution is 5.53. The number of nitrogen functional groups attached to an aromatic ring is 1. The van der Waals surface area contributed by atoms with Crippen LogP contribution in [-0.4, -0.2) is 0 Å². The van der Waals surface area contributed by atoms with E-state index in [2.05, 4.69) is 11.8 Å². The SMILES string of the molecule is Cc1cc(F)cc(C)c1C#Cc1cccc(N)c1. The molecule has 2 aromatic rings. The second kappa shape index (κ2) is 4.93. The van der Waals surface area contributed by atoms with Crippen molar-refractivity contribution >= 4 is 5.69 Å². The molecule has 0 saturated heterocycles. The summed E-state index contributed by atoms with van der Waals surface area (Å²) in [7, 11) is 0. The summed E-state index contributed by atoms with van der Waals surface area (Å²) in [5.41, 5.74) is 9.81. The molecule has 0 spiro atoms. The molecule has 2 N–H and O–H groups in total. The molecule has 0 fully saturated rings. The monoisotopic (exact) mass is 239 g/mol. The third kappa shape index (κ3) is 2.70. The van der Waals surface area contributed by atoms with Crippen LogP contribution in [0.2, 0.25) is 0 Å². The first-order valence-electron chi connectivity index (χ1n) is 5.70. The lowest BCUT2D eigenvalue weighted by atomic mass is 10.0. The Balaban J connectivity index is 2.42. The van der Waals surface area contributed by atoms with Gasteiger partial charge in [0.25, 0.3) is 0 Å². The van der Waals surface area contributed by atoms with Crippen LogP contribution in [0.5, 0.6) is 0 Å². The number of rotatable bonds is 0. The fraction of sp³-hybridized carbons (Fsp3) is 0.125. The maximum absolute atomic E-state index is 13.2. The number of anilines is 1. The fourth-order valence-corrected chi connectivity index (χ4v) is 1.86. The van der Waals surface area contributed by atoms with Gasteiger partial charge in [-0.05, 0) is 55.3 Å². The summed E-state index contributed by atoms with van der Waals surface area (Å²) >= 11 is 0. The van der Waals surface area contributed by atoms with Crippen LogP contribution in [0.3, 0.4) is 0 Å². The van der Waals surface area contributed by atoms with Crippen LogP contribution >= 0.6 is 0 Å². The second-order valence-corrected chi connectivity index (χ2v) is 4.29. The molecule has 0 unspecified atom stereocenters. The van der Waals surface area contributed by atoms with Crippen molar-refractivity contribution in [3.05, 3.63) is 64.5 Å². The van der Waals surface area contributed by atoms with E-state index in [1.165, 1.54) is 12.1 Å². The normalized spacial score (nSPS) is 9.72. The molecule has 2 heteroatoms. The lowest BCUT2D eigenvalue weighted by molar-refractivity contribution is 0.625. The average Bonchev–Trinajstić information content (AvgIpc) is 2.27. The highest BCUT2D eigenvalue weighted by Crippen LogP contribution is 2.15. The van der Waals surface area contributed by atoms with E-state index in [9.17, 15) is 4.39 Å². The summed E-state index contributed by atoms with van der Waals surface area (Å²) < 4.78 is 13.2. The van der Waals surface area contributed by atoms with Gasteiger partial charge in [0.2, 0.25) is 0 Å². The van der Waals surface area contributed by atoms with Crippen molar-refractivity contribution in [2.75, 3.05) is 5.73 Å². The number of hydrogen-bond acceptors (Lipinski definition) is 1. The minimum Gasteiger partial charge on any atom is -0.399 e. The van der Waals surface area contributed by atoms with Crippen LogP contribution in [0.15, 0.2) is 36.4 Å². The van der Waals surface area contributed by atoms with Crippen molar-refractivity contribution in [2.24, 2.45) is 0 Å². The Kier molecular flexibility index (Phi) is 3.34. The van der Waals surface area contributed by atoms with Crippen LogP contribution in [0.25, 0.3) is 0 Å². The van der Waals surface area contributed by atoms with Crippen molar-refractivity contribution in [1.29, 1.82) is 0 Å². The van der Waals surface area contributed by atoms with E-state index in [0.29, 0.717) is 5.69 Å². The zero-order valence-corrected chi connectivity index (χ0v) is 10.4. The Morgan fingerprint density at radius 1 is 1.00 bits per heavy atom. The predicted molar refractivity (Wildman–Crippen MR) is 72.7 cm³/mol. The van der Waals surface area contributed by atoms with Gasteiger partial charge in [0, 0.05) is 16.8 Å². The van der Waals surface area contributed by atoms with E-state index < -0.39 is 0 Å². The van der Waals surface area contributed by atoms with Crippen LogP contribution in [0, 0.1) is 31.5 Å². The Morgan fingerprint density at radius 2 is 1.67 bits per heavy atom. The fourth-order valence-electron chi connectivity index (χ4n) is 1.86. The van der Waals surface area contributed by atoms with Gasteiger partial charge in [-0.3, -0.25) is 0 Å². The molecule has 90 valence electrons. The molecule has 0 atom stereocenters. The van der Waals surface area contributed by atoms with Gasteiger partial charge in [0.05, 0.1) is 0 Å². The minimum absolute atomic E-state index is 0.223. The first-order chi connectivity index (χ1) is 8.56. The molecule has 0 aromatic heterocycles. The lowest BCUT2D eigenvalue weighted by Gasteiger charge is -2.03. The van der Waals surface area contributed by atoms with E-state index in [4.69, 9.17) is 5.73 Å². The summed E-state index contributed by atoms with van der Waals surface area (Å²) in [5.74, 6) is 5.91. The molecular formula is C16H14FN. The lowest BCUT2D eigenvalue weighted by Crippen LogP contribution is -1.90.